The molecule has 354 valence electrons. The Morgan fingerprint density at radius 1 is 0.556 bits per heavy atom. The smallest absolute Gasteiger partial charge is 0.227 e. The summed E-state index contributed by atoms with van der Waals surface area (Å²) in [6, 6.07) is 53.1. The molecule has 0 fully saturated rings. The van der Waals surface area contributed by atoms with Gasteiger partial charge in [0, 0.05) is 61.4 Å². The molecule has 10 aromatic rings. The molecule has 0 bridgehead atoms. The number of benzene rings is 8. The van der Waals surface area contributed by atoms with E-state index >= 15 is 0 Å². The summed E-state index contributed by atoms with van der Waals surface area (Å²) in [6.07, 6.45) is 2.38. The molecule has 3 aliphatic carbocycles. The summed E-state index contributed by atoms with van der Waals surface area (Å²) in [7, 11) is 0.755. The molecule has 72 heavy (non-hydrogen) atoms. The van der Waals surface area contributed by atoms with Crippen LogP contribution in [0.2, 0.25) is 0 Å². The lowest BCUT2D eigenvalue weighted by atomic mass is 9.59. The predicted molar refractivity (Wildman–Crippen MR) is 304 cm³/mol. The summed E-state index contributed by atoms with van der Waals surface area (Å²) in [6.45, 7) is 26.4. The topological polar surface area (TPSA) is 43.0 Å². The van der Waals surface area contributed by atoms with E-state index in [9.17, 15) is 0 Å². The van der Waals surface area contributed by atoms with Crippen molar-refractivity contribution in [2.45, 2.75) is 116 Å². The van der Waals surface area contributed by atoms with Crippen LogP contribution in [0, 0.1) is 0 Å². The van der Waals surface area contributed by atoms with E-state index in [2.05, 4.69) is 207 Å². The molecule has 0 unspecified atom stereocenters. The fourth-order valence-electron chi connectivity index (χ4n) is 13.7. The number of rotatable bonds is 4. The number of aromatic nitrogens is 2. The summed E-state index contributed by atoms with van der Waals surface area (Å²) in [4.78, 5) is 5.13. The summed E-state index contributed by atoms with van der Waals surface area (Å²) in [5.74, 6) is 0.645. The lowest BCUT2D eigenvalue weighted by Gasteiger charge is -2.42. The zero-order valence-corrected chi connectivity index (χ0v) is 43.7. The zero-order chi connectivity index (χ0) is 49.6. The highest BCUT2D eigenvalue weighted by atomic mass is 16.3. The molecule has 5 heteroatoms. The minimum atomic E-state index is -0.194. The molecular weight excluding hydrogens is 874 g/mol. The van der Waals surface area contributed by atoms with Crippen molar-refractivity contribution in [2.75, 3.05) is 5.32 Å². The zero-order valence-electron chi connectivity index (χ0n) is 43.7. The average Bonchev–Trinajstić information content (AvgIpc) is 4.05. The fourth-order valence-corrected chi connectivity index (χ4v) is 13.7. The van der Waals surface area contributed by atoms with Crippen LogP contribution in [0.15, 0.2) is 144 Å². The predicted octanol–water partition coefficient (Wildman–Crippen LogP) is 16.0. The number of anilines is 2. The van der Waals surface area contributed by atoms with Gasteiger partial charge in [0.15, 0.2) is 12.9 Å². The van der Waals surface area contributed by atoms with E-state index in [1.54, 1.807) is 0 Å². The van der Waals surface area contributed by atoms with Gasteiger partial charge in [-0.1, -0.05) is 154 Å². The number of hydrogen-bond acceptors (Lipinski definition) is 3. The maximum Gasteiger partial charge on any atom is 0.227 e. The maximum absolute atomic E-state index is 6.65. The molecule has 2 aromatic heterocycles. The monoisotopic (exact) mass is 935 g/mol. The van der Waals surface area contributed by atoms with Crippen molar-refractivity contribution in [3.63, 3.8) is 0 Å². The second-order valence-electron chi connectivity index (χ2n) is 25.2. The van der Waals surface area contributed by atoms with E-state index in [0.29, 0.717) is 5.89 Å². The highest BCUT2D eigenvalue weighted by Gasteiger charge is 2.44. The Hall–Kier alpha value is -7.11. The van der Waals surface area contributed by atoms with Crippen LogP contribution in [-0.4, -0.2) is 16.8 Å². The van der Waals surface area contributed by atoms with Gasteiger partial charge < -0.3 is 14.3 Å². The molecule has 0 atom stereocenters. The molecule has 3 heterocycles. The van der Waals surface area contributed by atoms with E-state index in [-0.39, 0.29) is 27.1 Å². The summed E-state index contributed by atoms with van der Waals surface area (Å²) < 4.78 is 9.22. The molecule has 0 radical (unpaired) electrons. The van der Waals surface area contributed by atoms with E-state index in [4.69, 9.17) is 9.40 Å². The van der Waals surface area contributed by atoms with Crippen LogP contribution in [0.1, 0.15) is 128 Å². The van der Waals surface area contributed by atoms with Crippen molar-refractivity contribution in [2.24, 2.45) is 0 Å². The van der Waals surface area contributed by atoms with E-state index < -0.39 is 0 Å². The molecular formula is C67H62BN3O. The summed E-state index contributed by atoms with van der Waals surface area (Å²) >= 11 is 0. The Bertz CT molecular complexity index is 4000. The normalized spacial score (nSPS) is 17.0. The first-order chi connectivity index (χ1) is 34.3. The van der Waals surface area contributed by atoms with Gasteiger partial charge in [-0.2, -0.15) is 0 Å². The average molecular weight is 936 g/mol. The third-order valence-electron chi connectivity index (χ3n) is 18.1. The lowest BCUT2D eigenvalue weighted by molar-refractivity contribution is 0.331. The Kier molecular flexibility index (Phi) is 8.68. The summed E-state index contributed by atoms with van der Waals surface area (Å²) in [5, 5.41) is 6.63. The van der Waals surface area contributed by atoms with Crippen molar-refractivity contribution in [3.05, 3.63) is 178 Å². The molecule has 0 spiro atoms. The number of hydrogen-bond donors (Lipinski definition) is 1. The first-order valence-electron chi connectivity index (χ1n) is 26.3. The minimum absolute atomic E-state index is 0.0577. The molecule has 1 aliphatic heterocycles. The molecule has 0 saturated heterocycles. The van der Waals surface area contributed by atoms with Gasteiger partial charge in [0.25, 0.3) is 0 Å². The Balaban J connectivity index is 1.05. The lowest BCUT2D eigenvalue weighted by Crippen LogP contribution is -2.37. The van der Waals surface area contributed by atoms with Gasteiger partial charge in [-0.25, -0.2) is 4.98 Å². The highest BCUT2D eigenvalue weighted by molar-refractivity contribution is 6.73. The van der Waals surface area contributed by atoms with Crippen LogP contribution in [0.5, 0.6) is 0 Å². The van der Waals surface area contributed by atoms with Crippen molar-refractivity contribution in [3.8, 4) is 50.5 Å². The third kappa shape index (κ3) is 6.03. The summed E-state index contributed by atoms with van der Waals surface area (Å²) in [5.41, 5.74) is 28.8. The molecule has 14 rings (SSSR count). The first-order valence-corrected chi connectivity index (χ1v) is 26.3. The van der Waals surface area contributed by atoms with E-state index in [1.165, 1.54) is 118 Å². The Labute approximate surface area is 424 Å². The largest absolute Gasteiger partial charge is 0.436 e. The Morgan fingerprint density at radius 2 is 1.21 bits per heavy atom. The minimum Gasteiger partial charge on any atom is -0.436 e. The van der Waals surface area contributed by atoms with Gasteiger partial charge >= 0.3 is 0 Å². The molecule has 4 aliphatic rings. The van der Waals surface area contributed by atoms with Crippen molar-refractivity contribution in [1.29, 1.82) is 0 Å². The van der Waals surface area contributed by atoms with Gasteiger partial charge in [0.05, 0.1) is 5.52 Å². The van der Waals surface area contributed by atoms with Crippen molar-refractivity contribution in [1.82, 2.24) is 9.55 Å². The number of fused-ring (bicyclic) bond motifs is 13. The molecule has 0 amide bonds. The van der Waals surface area contributed by atoms with E-state index in [1.807, 2.05) is 18.2 Å². The number of oxazole rings is 1. The van der Waals surface area contributed by atoms with Gasteiger partial charge in [-0.05, 0) is 162 Å². The first kappa shape index (κ1) is 43.7. The van der Waals surface area contributed by atoms with Crippen LogP contribution < -0.4 is 16.2 Å². The van der Waals surface area contributed by atoms with Crippen LogP contribution in [-0.2, 0) is 27.1 Å². The van der Waals surface area contributed by atoms with Gasteiger partial charge in [-0.15, -0.1) is 0 Å². The van der Waals surface area contributed by atoms with Gasteiger partial charge in [0.2, 0.25) is 5.89 Å². The fraction of sp³-hybridized carbons (Fsp3) is 0.269. The second kappa shape index (κ2) is 14.3. The van der Waals surface area contributed by atoms with E-state index in [0.717, 1.165) is 41.0 Å². The maximum atomic E-state index is 6.65. The molecule has 8 aromatic carbocycles. The molecule has 4 nitrogen and oxygen atoms in total. The van der Waals surface area contributed by atoms with Crippen molar-refractivity contribution >= 4 is 62.5 Å². The third-order valence-corrected chi connectivity index (χ3v) is 18.1. The van der Waals surface area contributed by atoms with Crippen LogP contribution >= 0.6 is 0 Å². The van der Waals surface area contributed by atoms with Gasteiger partial charge in [0.1, 0.15) is 5.52 Å². The quantitative estimate of drug-likeness (QED) is 0.179. The SMILES string of the molecule is CC(C)(C)c1ccc(Nc2cc3c(cc2-c2ccc4c5cc6c(cc5n5c4c2Bc2cc4nc(-c7ccccc7)oc4cc2-5)-c2ccccc2C6(C)C)-c2cc4c(cc2C3(C)C)C(C)(C)CCC4(C)C)cc1. The van der Waals surface area contributed by atoms with Crippen LogP contribution in [0.4, 0.5) is 11.4 Å². The number of nitrogens with zero attached hydrogens (tertiary/aromatic N) is 2. The Morgan fingerprint density at radius 3 is 1.96 bits per heavy atom. The second-order valence-corrected chi connectivity index (χ2v) is 25.2. The van der Waals surface area contributed by atoms with Crippen LogP contribution in [0.3, 0.4) is 0 Å². The standard InChI is InChI=1S/C67H62BN3O/c1-63(2,3)38-21-23-39(24-22-38)69-55-34-51-43(44-30-52-53(33-50(44)67(51,10)11)65(6,7)28-27-64(52,4)5)29-46(55)41-25-26-42-47-31-49-45(40-19-15-16-20-48(40)66(49,8)9)32-57(47)71-58-36-59-56(35-54(58)68-60(41)61(42)71)70-62(72-59)37-17-13-12-14-18-37/h12-26,29-36,68-69H,27-28H2,1-11H3. The highest BCUT2D eigenvalue weighted by Crippen LogP contribution is 2.57. The number of nitrogens with one attached hydrogen (secondary N) is 1. The molecule has 0 saturated carbocycles. The van der Waals surface area contributed by atoms with Crippen LogP contribution in [0.25, 0.3) is 83.4 Å². The van der Waals surface area contributed by atoms with Crippen molar-refractivity contribution < 1.29 is 4.42 Å². The molecule has 1 N–H and O–H groups in total. The van der Waals surface area contributed by atoms with Gasteiger partial charge in [-0.3, -0.25) is 0 Å².